The van der Waals surface area contributed by atoms with Gasteiger partial charge in [-0.25, -0.2) is 17.8 Å². The van der Waals surface area contributed by atoms with Crippen molar-refractivity contribution < 1.29 is 12.8 Å². The standard InChI is InChI=1S/C18H13FN4O2S/c19-13-3-6-15(7-4-13)26(24,25)23-14-5-8-16-17(10-14)22-18(21-16)12-2-1-9-20-11-12/h1-11,23H,(H,21,22). The molecule has 2 N–H and O–H groups in total. The van der Waals surface area contributed by atoms with Gasteiger partial charge in [0, 0.05) is 18.0 Å². The van der Waals surface area contributed by atoms with Crippen LogP contribution in [0.3, 0.4) is 0 Å². The molecule has 0 aliphatic heterocycles. The molecule has 0 unspecified atom stereocenters. The normalized spacial score (nSPS) is 11.6. The number of aromatic amines is 1. The van der Waals surface area contributed by atoms with Crippen LogP contribution in [0.5, 0.6) is 0 Å². The first-order chi connectivity index (χ1) is 12.5. The quantitative estimate of drug-likeness (QED) is 0.576. The van der Waals surface area contributed by atoms with E-state index in [1.54, 1.807) is 30.6 Å². The van der Waals surface area contributed by atoms with E-state index < -0.39 is 15.8 Å². The summed E-state index contributed by atoms with van der Waals surface area (Å²) in [4.78, 5) is 11.7. The van der Waals surface area contributed by atoms with E-state index in [0.29, 0.717) is 22.5 Å². The highest BCUT2D eigenvalue weighted by molar-refractivity contribution is 7.92. The summed E-state index contributed by atoms with van der Waals surface area (Å²) < 4.78 is 40.3. The van der Waals surface area contributed by atoms with Gasteiger partial charge in [-0.1, -0.05) is 0 Å². The van der Waals surface area contributed by atoms with Gasteiger partial charge < -0.3 is 4.98 Å². The van der Waals surface area contributed by atoms with Gasteiger partial charge in [0.2, 0.25) is 0 Å². The molecule has 8 heteroatoms. The number of pyridine rings is 1. The van der Waals surface area contributed by atoms with Gasteiger partial charge in [-0.05, 0) is 54.6 Å². The second-order valence-corrected chi connectivity index (χ2v) is 7.30. The summed E-state index contributed by atoms with van der Waals surface area (Å²) in [5, 5.41) is 0. The Kier molecular flexibility index (Phi) is 3.89. The van der Waals surface area contributed by atoms with Crippen LogP contribution in [0.15, 0.2) is 71.9 Å². The molecule has 6 nitrogen and oxygen atoms in total. The third-order valence-electron chi connectivity index (χ3n) is 3.79. The first-order valence-electron chi connectivity index (χ1n) is 7.70. The fraction of sp³-hybridized carbons (Fsp3) is 0. The summed E-state index contributed by atoms with van der Waals surface area (Å²) in [7, 11) is -3.81. The smallest absolute Gasteiger partial charge is 0.261 e. The highest BCUT2D eigenvalue weighted by Crippen LogP contribution is 2.24. The Balaban J connectivity index is 1.66. The van der Waals surface area contributed by atoms with Crippen LogP contribution in [0.25, 0.3) is 22.4 Å². The summed E-state index contributed by atoms with van der Waals surface area (Å²) in [6.45, 7) is 0. The monoisotopic (exact) mass is 368 g/mol. The number of imidazole rings is 1. The van der Waals surface area contributed by atoms with Crippen LogP contribution in [-0.2, 0) is 10.0 Å². The van der Waals surface area contributed by atoms with Crippen LogP contribution in [0.1, 0.15) is 0 Å². The predicted molar refractivity (Wildman–Crippen MR) is 96.5 cm³/mol. The number of halogens is 1. The molecule has 130 valence electrons. The third kappa shape index (κ3) is 3.14. The molecule has 0 aliphatic rings. The number of nitrogens with one attached hydrogen (secondary N) is 2. The Hall–Kier alpha value is -3.26. The SMILES string of the molecule is O=S(=O)(Nc1ccc2nc(-c3cccnc3)[nH]c2c1)c1ccc(F)cc1. The van der Waals surface area contributed by atoms with Crippen molar-refractivity contribution in [2.24, 2.45) is 0 Å². The van der Waals surface area contributed by atoms with E-state index >= 15 is 0 Å². The molecule has 0 saturated carbocycles. The number of hydrogen-bond acceptors (Lipinski definition) is 4. The Morgan fingerprint density at radius 2 is 1.85 bits per heavy atom. The summed E-state index contributed by atoms with van der Waals surface area (Å²) in [5.74, 6) is 0.150. The lowest BCUT2D eigenvalue weighted by molar-refractivity contribution is 0.599. The number of sulfonamides is 1. The lowest BCUT2D eigenvalue weighted by Gasteiger charge is -2.08. The summed E-state index contributed by atoms with van der Waals surface area (Å²) in [6.07, 6.45) is 3.37. The maximum Gasteiger partial charge on any atom is 0.261 e. The molecule has 0 fully saturated rings. The number of rotatable bonds is 4. The predicted octanol–water partition coefficient (Wildman–Crippen LogP) is 3.56. The van der Waals surface area contributed by atoms with E-state index in [4.69, 9.17) is 0 Å². The highest BCUT2D eigenvalue weighted by atomic mass is 32.2. The maximum absolute atomic E-state index is 13.0. The van der Waals surface area contributed by atoms with Crippen molar-refractivity contribution >= 4 is 26.7 Å². The highest BCUT2D eigenvalue weighted by Gasteiger charge is 2.15. The lowest BCUT2D eigenvalue weighted by atomic mass is 10.3. The van der Waals surface area contributed by atoms with Crippen molar-refractivity contribution in [1.29, 1.82) is 0 Å². The molecule has 2 aromatic carbocycles. The first kappa shape index (κ1) is 16.2. The van der Waals surface area contributed by atoms with Gasteiger partial charge in [0.1, 0.15) is 11.6 Å². The Morgan fingerprint density at radius 1 is 1.04 bits per heavy atom. The van der Waals surface area contributed by atoms with Crippen molar-refractivity contribution in [1.82, 2.24) is 15.0 Å². The van der Waals surface area contributed by atoms with Gasteiger partial charge in [-0.15, -0.1) is 0 Å². The largest absolute Gasteiger partial charge is 0.338 e. The number of benzene rings is 2. The molecular formula is C18H13FN4O2S. The van der Waals surface area contributed by atoms with Gasteiger partial charge >= 0.3 is 0 Å². The molecule has 0 radical (unpaired) electrons. The number of fused-ring (bicyclic) bond motifs is 1. The maximum atomic E-state index is 13.0. The Bertz CT molecular complexity index is 1170. The van der Waals surface area contributed by atoms with Gasteiger partial charge in [0.05, 0.1) is 21.6 Å². The summed E-state index contributed by atoms with van der Waals surface area (Å²) >= 11 is 0. The molecule has 0 bridgehead atoms. The molecule has 0 spiro atoms. The topological polar surface area (TPSA) is 87.7 Å². The fourth-order valence-corrected chi connectivity index (χ4v) is 3.59. The number of aromatic nitrogens is 3. The van der Waals surface area contributed by atoms with E-state index in [0.717, 1.165) is 17.7 Å². The molecule has 26 heavy (non-hydrogen) atoms. The third-order valence-corrected chi connectivity index (χ3v) is 5.19. The van der Waals surface area contributed by atoms with Gasteiger partial charge in [0.15, 0.2) is 0 Å². The lowest BCUT2D eigenvalue weighted by Crippen LogP contribution is -2.12. The van der Waals surface area contributed by atoms with Gasteiger partial charge in [-0.2, -0.15) is 0 Å². The molecular weight excluding hydrogens is 355 g/mol. The molecule has 0 aliphatic carbocycles. The fourth-order valence-electron chi connectivity index (χ4n) is 2.54. The number of H-pyrrole nitrogens is 1. The number of hydrogen-bond donors (Lipinski definition) is 2. The molecule has 4 aromatic rings. The van der Waals surface area contributed by atoms with Gasteiger partial charge in [0.25, 0.3) is 10.0 Å². The molecule has 0 atom stereocenters. The second-order valence-electron chi connectivity index (χ2n) is 5.62. The van der Waals surface area contributed by atoms with Crippen molar-refractivity contribution in [2.75, 3.05) is 4.72 Å². The van der Waals surface area contributed by atoms with Crippen LogP contribution in [0.2, 0.25) is 0 Å². The second kappa shape index (κ2) is 6.23. The van der Waals surface area contributed by atoms with Gasteiger partial charge in [-0.3, -0.25) is 9.71 Å². The van der Waals surface area contributed by atoms with Crippen molar-refractivity contribution in [2.45, 2.75) is 4.90 Å². The van der Waals surface area contributed by atoms with Crippen molar-refractivity contribution in [3.05, 3.63) is 72.8 Å². The van der Waals surface area contributed by atoms with Crippen LogP contribution >= 0.6 is 0 Å². The first-order valence-corrected chi connectivity index (χ1v) is 9.18. The van der Waals surface area contributed by atoms with E-state index in [9.17, 15) is 12.8 Å². The van der Waals surface area contributed by atoms with Crippen molar-refractivity contribution in [3.63, 3.8) is 0 Å². The van der Waals surface area contributed by atoms with Crippen LogP contribution < -0.4 is 4.72 Å². The van der Waals surface area contributed by atoms with E-state index in [2.05, 4.69) is 19.7 Å². The summed E-state index contributed by atoms with van der Waals surface area (Å²) in [6, 6.07) is 13.3. The van der Waals surface area contributed by atoms with E-state index in [-0.39, 0.29) is 4.90 Å². The molecule has 4 rings (SSSR count). The summed E-state index contributed by atoms with van der Waals surface area (Å²) in [5.41, 5.74) is 2.59. The average Bonchev–Trinajstić information content (AvgIpc) is 3.06. The molecule has 0 amide bonds. The molecule has 2 aromatic heterocycles. The molecule has 2 heterocycles. The minimum atomic E-state index is -3.81. The minimum Gasteiger partial charge on any atom is -0.338 e. The zero-order valence-corrected chi connectivity index (χ0v) is 14.2. The Morgan fingerprint density at radius 3 is 2.58 bits per heavy atom. The zero-order valence-electron chi connectivity index (χ0n) is 13.3. The van der Waals surface area contributed by atoms with Crippen LogP contribution in [0.4, 0.5) is 10.1 Å². The average molecular weight is 368 g/mol. The minimum absolute atomic E-state index is 0.0142. The number of anilines is 1. The van der Waals surface area contributed by atoms with Crippen LogP contribution in [0, 0.1) is 5.82 Å². The van der Waals surface area contributed by atoms with E-state index in [1.165, 1.54) is 12.1 Å². The van der Waals surface area contributed by atoms with Crippen LogP contribution in [-0.4, -0.2) is 23.4 Å². The Labute approximate surface area is 148 Å². The van der Waals surface area contributed by atoms with E-state index in [1.807, 2.05) is 12.1 Å². The molecule has 0 saturated heterocycles. The number of nitrogens with zero attached hydrogens (tertiary/aromatic N) is 2. The zero-order chi connectivity index (χ0) is 18.1. The van der Waals surface area contributed by atoms with Crippen molar-refractivity contribution in [3.8, 4) is 11.4 Å².